The van der Waals surface area contributed by atoms with E-state index in [9.17, 15) is 14.5 Å². The highest BCUT2D eigenvalue weighted by Gasteiger charge is 2.26. The molecule has 0 saturated heterocycles. The van der Waals surface area contributed by atoms with Crippen LogP contribution in [-0.4, -0.2) is 22.4 Å². The van der Waals surface area contributed by atoms with Crippen molar-refractivity contribution in [2.45, 2.75) is 79.1 Å². The molecule has 0 aromatic heterocycles. The van der Waals surface area contributed by atoms with Crippen LogP contribution in [-0.2, 0) is 24.7 Å². The molecule has 0 aliphatic heterocycles. The van der Waals surface area contributed by atoms with E-state index in [0.717, 1.165) is 16.7 Å². The molecule has 1 rings (SSSR count). The maximum absolute atomic E-state index is 11.5. The summed E-state index contributed by atoms with van der Waals surface area (Å²) in [6.45, 7) is 16.2. The van der Waals surface area contributed by atoms with Crippen LogP contribution in [0.5, 0.6) is 5.75 Å². The summed E-state index contributed by atoms with van der Waals surface area (Å²) in [5, 5.41) is 10.7. The van der Waals surface area contributed by atoms with Gasteiger partial charge in [-0.05, 0) is 34.6 Å². The van der Waals surface area contributed by atoms with Gasteiger partial charge in [-0.25, -0.2) is 0 Å². The van der Waals surface area contributed by atoms with Gasteiger partial charge < -0.3 is 5.11 Å². The zero-order chi connectivity index (χ0) is 23.5. The second-order valence-electron chi connectivity index (χ2n) is 9.16. The van der Waals surface area contributed by atoms with Crippen LogP contribution in [0.2, 0.25) is 0 Å². The Kier molecular flexibility index (Phi) is 12.0. The maximum Gasteiger partial charge on any atom is 0.695 e. The Morgan fingerprint density at radius 3 is 1.83 bits per heavy atom. The number of unbranched alkanes of at least 4 members (excludes halogenated alkanes) is 1. The fourth-order valence-electron chi connectivity index (χ4n) is 2.39. The minimum Gasteiger partial charge on any atom is -0.507 e. The van der Waals surface area contributed by atoms with E-state index in [1.807, 2.05) is 59.8 Å². The molecule has 1 unspecified atom stereocenters. The van der Waals surface area contributed by atoms with Gasteiger partial charge in [0.25, 0.3) is 0 Å². The number of carbonyl (C=O) groups is 1. The van der Waals surface area contributed by atoms with Gasteiger partial charge >= 0.3 is 8.25 Å². The quantitative estimate of drug-likeness (QED) is 0.285. The minimum absolute atomic E-state index is 0.210. The summed E-state index contributed by atoms with van der Waals surface area (Å²) in [5.41, 5.74) is 2.23. The number of rotatable bonds is 7. The van der Waals surface area contributed by atoms with Crippen LogP contribution in [0.25, 0.3) is 6.08 Å². The Labute approximate surface area is 182 Å². The fourth-order valence-corrected chi connectivity index (χ4v) is 2.63. The summed E-state index contributed by atoms with van der Waals surface area (Å²) in [4.78, 5) is 20.0. The number of benzene rings is 1. The van der Waals surface area contributed by atoms with Gasteiger partial charge in [-0.3, -0.25) is 4.79 Å². The highest BCUT2D eigenvalue weighted by molar-refractivity contribution is 7.32. The first-order valence-corrected chi connectivity index (χ1v) is 11.4. The molecule has 0 heterocycles. The lowest BCUT2D eigenvalue weighted by atomic mass is 9.78. The SMILES string of the molecule is CC(C)(C)c1cc(/C=C/C=C/C(=O)CO[P+](=O)O)cc(C(C)(C)C)c1O.CCCC. The van der Waals surface area contributed by atoms with Crippen LogP contribution >= 0.6 is 8.25 Å². The highest BCUT2D eigenvalue weighted by Crippen LogP contribution is 2.40. The number of ketones is 1. The Bertz CT molecular complexity index is 728. The molecule has 0 amide bonds. The van der Waals surface area contributed by atoms with Crippen LogP contribution in [0.3, 0.4) is 0 Å². The topological polar surface area (TPSA) is 83.8 Å². The fraction of sp³-hybridized carbons (Fsp3) is 0.542. The van der Waals surface area contributed by atoms with Gasteiger partial charge in [0.2, 0.25) is 0 Å². The number of hydrogen-bond donors (Lipinski definition) is 2. The first kappa shape index (κ1) is 28.2. The zero-order valence-corrected chi connectivity index (χ0v) is 20.5. The van der Waals surface area contributed by atoms with Crippen molar-refractivity contribution < 1.29 is 23.9 Å². The summed E-state index contributed by atoms with van der Waals surface area (Å²) in [5.74, 6) is -0.0772. The second kappa shape index (κ2) is 12.8. The molecule has 1 aromatic carbocycles. The molecule has 0 spiro atoms. The van der Waals surface area contributed by atoms with Crippen LogP contribution in [0.4, 0.5) is 0 Å². The standard InChI is InChI=1S/C20H27O5P.C4H10/c1-19(2,3)16-11-14(12-17(18(16)22)20(4,5)6)9-7-8-10-15(21)13-25-26(23)24;1-3-4-2/h7-12H,13H2,1-6H3,(H-,21,22,23,24);3-4H2,1-2H3/p+1. The molecule has 0 bridgehead atoms. The summed E-state index contributed by atoms with van der Waals surface area (Å²) in [6.07, 6.45) is 9.03. The van der Waals surface area contributed by atoms with Gasteiger partial charge in [-0.2, -0.15) is 0 Å². The molecule has 168 valence electrons. The van der Waals surface area contributed by atoms with Gasteiger partial charge in [-0.15, -0.1) is 9.42 Å². The molecular weight excluding hydrogens is 399 g/mol. The summed E-state index contributed by atoms with van der Waals surface area (Å²) in [6, 6.07) is 3.88. The van der Waals surface area contributed by atoms with Crippen molar-refractivity contribution in [3.05, 3.63) is 47.1 Å². The van der Waals surface area contributed by atoms with E-state index in [1.165, 1.54) is 18.9 Å². The second-order valence-corrected chi connectivity index (χ2v) is 9.89. The number of carbonyl (C=O) groups excluding carboxylic acids is 1. The Morgan fingerprint density at radius 2 is 1.47 bits per heavy atom. The lowest BCUT2D eigenvalue weighted by Gasteiger charge is -2.27. The Balaban J connectivity index is 0.00000192. The normalized spacial score (nSPS) is 12.8. The number of phenolic OH excluding ortho intramolecular Hbond substituents is 1. The molecule has 1 atom stereocenters. The third-order valence-electron chi connectivity index (χ3n) is 4.25. The Hall–Kier alpha value is -1.81. The monoisotopic (exact) mass is 437 g/mol. The van der Waals surface area contributed by atoms with E-state index in [4.69, 9.17) is 4.89 Å². The average molecular weight is 438 g/mol. The first-order valence-electron chi connectivity index (χ1n) is 10.3. The van der Waals surface area contributed by atoms with E-state index < -0.39 is 20.6 Å². The Morgan fingerprint density at radius 1 is 1.00 bits per heavy atom. The summed E-state index contributed by atoms with van der Waals surface area (Å²) < 4.78 is 14.7. The van der Waals surface area contributed by atoms with Gasteiger partial charge in [-0.1, -0.05) is 86.5 Å². The number of phenols is 1. The molecule has 0 saturated carbocycles. The summed E-state index contributed by atoms with van der Waals surface area (Å²) in [7, 11) is -2.77. The lowest BCUT2D eigenvalue weighted by molar-refractivity contribution is -0.116. The molecule has 0 fully saturated rings. The van der Waals surface area contributed by atoms with Crippen LogP contribution < -0.4 is 0 Å². The van der Waals surface area contributed by atoms with Gasteiger partial charge in [0.05, 0.1) is 0 Å². The summed E-state index contributed by atoms with van der Waals surface area (Å²) >= 11 is 0. The van der Waals surface area contributed by atoms with Gasteiger partial charge in [0.15, 0.2) is 12.4 Å². The molecule has 0 aliphatic rings. The molecule has 0 aliphatic carbocycles. The number of aromatic hydroxyl groups is 1. The lowest BCUT2D eigenvalue weighted by Crippen LogP contribution is -2.17. The van der Waals surface area contributed by atoms with Crippen molar-refractivity contribution in [2.75, 3.05) is 6.61 Å². The molecule has 1 aromatic rings. The first-order chi connectivity index (χ1) is 13.7. The van der Waals surface area contributed by atoms with Gasteiger partial charge in [0, 0.05) is 15.7 Å². The molecule has 6 heteroatoms. The predicted octanol–water partition coefficient (Wildman–Crippen LogP) is 6.60. The molecule has 30 heavy (non-hydrogen) atoms. The molecular formula is C24H38O5P+. The van der Waals surface area contributed by atoms with E-state index in [0.29, 0.717) is 5.75 Å². The van der Waals surface area contributed by atoms with Crippen molar-refractivity contribution in [3.63, 3.8) is 0 Å². The smallest absolute Gasteiger partial charge is 0.507 e. The maximum atomic E-state index is 11.5. The van der Waals surface area contributed by atoms with Crippen molar-refractivity contribution in [3.8, 4) is 5.75 Å². The van der Waals surface area contributed by atoms with E-state index in [1.54, 1.807) is 12.2 Å². The number of hydrogen-bond acceptors (Lipinski definition) is 4. The van der Waals surface area contributed by atoms with Crippen LogP contribution in [0.1, 0.15) is 84.9 Å². The largest absolute Gasteiger partial charge is 0.695 e. The van der Waals surface area contributed by atoms with E-state index in [2.05, 4.69) is 18.4 Å². The third kappa shape index (κ3) is 10.8. The molecule has 5 nitrogen and oxygen atoms in total. The minimum atomic E-state index is -2.77. The molecule has 2 N–H and O–H groups in total. The van der Waals surface area contributed by atoms with E-state index in [-0.39, 0.29) is 10.8 Å². The van der Waals surface area contributed by atoms with Crippen molar-refractivity contribution in [1.29, 1.82) is 0 Å². The average Bonchev–Trinajstić information content (AvgIpc) is 2.62. The van der Waals surface area contributed by atoms with Crippen LogP contribution in [0.15, 0.2) is 30.4 Å². The van der Waals surface area contributed by atoms with E-state index >= 15 is 0 Å². The zero-order valence-electron chi connectivity index (χ0n) is 19.7. The predicted molar refractivity (Wildman–Crippen MR) is 125 cm³/mol. The van der Waals surface area contributed by atoms with Crippen molar-refractivity contribution in [1.82, 2.24) is 0 Å². The molecule has 0 radical (unpaired) electrons. The third-order valence-corrected chi connectivity index (χ3v) is 4.60. The highest BCUT2D eigenvalue weighted by atomic mass is 31.1. The van der Waals surface area contributed by atoms with Crippen molar-refractivity contribution >= 4 is 20.1 Å². The van der Waals surface area contributed by atoms with Crippen molar-refractivity contribution in [2.24, 2.45) is 0 Å². The number of allylic oxidation sites excluding steroid dienone is 2. The van der Waals surface area contributed by atoms with Crippen LogP contribution in [0, 0.1) is 0 Å². The van der Waals surface area contributed by atoms with Gasteiger partial charge in [0.1, 0.15) is 5.75 Å².